The Balaban J connectivity index is 1.74. The normalized spacial score (nSPS) is 17.7. The van der Waals surface area contributed by atoms with Gasteiger partial charge in [-0.3, -0.25) is 4.99 Å². The average molecular weight is 442 g/mol. The van der Waals surface area contributed by atoms with Gasteiger partial charge in [0.05, 0.1) is 10.7 Å². The Morgan fingerprint density at radius 2 is 1.93 bits per heavy atom. The molecule has 0 aromatic carbocycles. The molecule has 2 N–H and O–H groups in total. The minimum atomic E-state index is -5.24. The number of nitrogens with zero attached hydrogens (tertiary/aromatic N) is 3. The molecule has 1 aromatic rings. The number of aliphatic imine (C=N–C) groups is 1. The SMILES string of the molecule is CN=C(NCCc1sc(C)nc1C)NCC1CCN(S(=O)(=O)C(F)(F)F)CC1. The molecule has 2 heterocycles. The van der Waals surface area contributed by atoms with E-state index in [1.807, 2.05) is 13.8 Å². The van der Waals surface area contributed by atoms with Crippen LogP contribution < -0.4 is 10.6 Å². The number of aromatic nitrogens is 1. The van der Waals surface area contributed by atoms with Crippen LogP contribution >= 0.6 is 11.3 Å². The van der Waals surface area contributed by atoms with Crippen LogP contribution in [0.3, 0.4) is 0 Å². The second kappa shape index (κ2) is 9.40. The standard InChI is InChI=1S/C16H26F3N5O2S2/c1-11-14(27-12(2)23-11)4-7-21-15(20-3)22-10-13-5-8-24(9-6-13)28(25,26)16(17,18)19/h13H,4-10H2,1-3H3,(H2,20,21,22). The third-order valence-corrected chi connectivity index (χ3v) is 7.39. The zero-order valence-corrected chi connectivity index (χ0v) is 17.8. The first-order chi connectivity index (χ1) is 13.0. The molecule has 0 unspecified atom stereocenters. The molecular formula is C16H26F3N5O2S2. The van der Waals surface area contributed by atoms with Crippen molar-refractivity contribution >= 4 is 27.3 Å². The van der Waals surface area contributed by atoms with Gasteiger partial charge in [-0.25, -0.2) is 13.4 Å². The Bertz CT molecular complexity index is 785. The lowest BCUT2D eigenvalue weighted by atomic mass is 9.98. The van der Waals surface area contributed by atoms with Gasteiger partial charge < -0.3 is 10.6 Å². The highest BCUT2D eigenvalue weighted by molar-refractivity contribution is 7.90. The summed E-state index contributed by atoms with van der Waals surface area (Å²) in [7, 11) is -3.58. The molecular weight excluding hydrogens is 415 g/mol. The molecule has 0 amide bonds. The van der Waals surface area contributed by atoms with E-state index < -0.39 is 15.5 Å². The van der Waals surface area contributed by atoms with E-state index in [-0.39, 0.29) is 19.0 Å². The van der Waals surface area contributed by atoms with Crippen LogP contribution in [0.15, 0.2) is 4.99 Å². The fourth-order valence-electron chi connectivity index (χ4n) is 3.06. The zero-order valence-electron chi connectivity index (χ0n) is 16.1. The predicted molar refractivity (Wildman–Crippen MR) is 104 cm³/mol. The first kappa shape index (κ1) is 22.9. The Morgan fingerprint density at radius 1 is 1.29 bits per heavy atom. The van der Waals surface area contributed by atoms with Crippen LogP contribution in [-0.2, 0) is 16.4 Å². The number of hydrogen-bond donors (Lipinski definition) is 2. The van der Waals surface area contributed by atoms with Crippen molar-refractivity contribution < 1.29 is 21.6 Å². The van der Waals surface area contributed by atoms with Crippen LogP contribution in [0.1, 0.15) is 28.4 Å². The van der Waals surface area contributed by atoms with E-state index in [1.165, 1.54) is 4.88 Å². The van der Waals surface area contributed by atoms with Gasteiger partial charge in [-0.05, 0) is 32.6 Å². The maximum atomic E-state index is 12.6. The van der Waals surface area contributed by atoms with Crippen molar-refractivity contribution in [3.63, 3.8) is 0 Å². The summed E-state index contributed by atoms with van der Waals surface area (Å²) in [6, 6.07) is 0. The van der Waals surface area contributed by atoms with Crippen molar-refractivity contribution in [2.75, 3.05) is 33.2 Å². The molecule has 0 spiro atoms. The number of guanidine groups is 1. The minimum absolute atomic E-state index is 0.0876. The smallest absolute Gasteiger partial charge is 0.356 e. The van der Waals surface area contributed by atoms with Gasteiger partial charge in [-0.2, -0.15) is 17.5 Å². The van der Waals surface area contributed by atoms with Gasteiger partial charge in [0.25, 0.3) is 0 Å². The van der Waals surface area contributed by atoms with Gasteiger partial charge in [0, 0.05) is 44.5 Å². The highest BCUT2D eigenvalue weighted by Crippen LogP contribution is 2.30. The number of piperidine rings is 1. The molecule has 28 heavy (non-hydrogen) atoms. The molecule has 1 aliphatic rings. The number of nitrogens with one attached hydrogen (secondary N) is 2. The first-order valence-electron chi connectivity index (χ1n) is 8.98. The van der Waals surface area contributed by atoms with Crippen LogP contribution in [0, 0.1) is 19.8 Å². The van der Waals surface area contributed by atoms with E-state index in [2.05, 4.69) is 20.6 Å². The fraction of sp³-hybridized carbons (Fsp3) is 0.750. The van der Waals surface area contributed by atoms with Crippen molar-refractivity contribution in [2.24, 2.45) is 10.9 Å². The molecule has 1 saturated heterocycles. The molecule has 0 radical (unpaired) electrons. The third-order valence-electron chi connectivity index (χ3n) is 4.63. The second-order valence-corrected chi connectivity index (χ2v) is 9.88. The van der Waals surface area contributed by atoms with Gasteiger partial charge >= 0.3 is 15.5 Å². The van der Waals surface area contributed by atoms with E-state index in [4.69, 9.17) is 0 Å². The lowest BCUT2D eigenvalue weighted by Gasteiger charge is -2.31. The van der Waals surface area contributed by atoms with E-state index in [9.17, 15) is 21.6 Å². The molecule has 0 bridgehead atoms. The summed E-state index contributed by atoms with van der Waals surface area (Å²) in [5.41, 5.74) is -4.20. The number of halogens is 3. The molecule has 7 nitrogen and oxygen atoms in total. The van der Waals surface area contributed by atoms with Crippen molar-refractivity contribution in [2.45, 2.75) is 38.6 Å². The lowest BCUT2D eigenvalue weighted by molar-refractivity contribution is -0.0496. The second-order valence-electron chi connectivity index (χ2n) is 6.66. The van der Waals surface area contributed by atoms with E-state index in [0.717, 1.165) is 17.1 Å². The van der Waals surface area contributed by atoms with Gasteiger partial charge in [0.1, 0.15) is 0 Å². The average Bonchev–Trinajstić information content (AvgIpc) is 2.94. The van der Waals surface area contributed by atoms with Crippen LogP contribution in [-0.4, -0.2) is 62.4 Å². The van der Waals surface area contributed by atoms with Crippen LogP contribution in [0.4, 0.5) is 13.2 Å². The summed E-state index contributed by atoms with van der Waals surface area (Å²) in [5, 5.41) is 7.41. The highest BCUT2D eigenvalue weighted by Gasteiger charge is 2.50. The van der Waals surface area contributed by atoms with E-state index >= 15 is 0 Å². The molecule has 0 atom stereocenters. The quantitative estimate of drug-likeness (QED) is 0.521. The molecule has 160 valence electrons. The zero-order chi connectivity index (χ0) is 20.9. The van der Waals surface area contributed by atoms with Crippen LogP contribution in [0.25, 0.3) is 0 Å². The molecule has 1 aliphatic heterocycles. The van der Waals surface area contributed by atoms with E-state index in [1.54, 1.807) is 18.4 Å². The molecule has 0 saturated carbocycles. The topological polar surface area (TPSA) is 86.7 Å². The van der Waals surface area contributed by atoms with Crippen LogP contribution in [0.5, 0.6) is 0 Å². The maximum absolute atomic E-state index is 12.6. The highest BCUT2D eigenvalue weighted by atomic mass is 32.2. The van der Waals surface area contributed by atoms with Crippen molar-refractivity contribution in [1.82, 2.24) is 19.9 Å². The number of rotatable bonds is 6. The van der Waals surface area contributed by atoms with E-state index in [0.29, 0.717) is 36.2 Å². The Labute approximate surface area is 167 Å². The number of hydrogen-bond acceptors (Lipinski definition) is 5. The molecule has 0 aliphatic carbocycles. The predicted octanol–water partition coefficient (Wildman–Crippen LogP) is 2.03. The lowest BCUT2D eigenvalue weighted by Crippen LogP contribution is -2.47. The summed E-state index contributed by atoms with van der Waals surface area (Å²) in [6.07, 6.45) is 1.57. The summed E-state index contributed by atoms with van der Waals surface area (Å²) in [5.74, 6) is 0.703. The fourth-order valence-corrected chi connectivity index (χ4v) is 4.98. The minimum Gasteiger partial charge on any atom is -0.356 e. The summed E-state index contributed by atoms with van der Waals surface area (Å²) in [6.45, 7) is 4.93. The number of thiazole rings is 1. The third kappa shape index (κ3) is 5.80. The molecule has 1 aromatic heterocycles. The Hall–Kier alpha value is -1.40. The van der Waals surface area contributed by atoms with Gasteiger partial charge in [0.2, 0.25) is 0 Å². The summed E-state index contributed by atoms with van der Waals surface area (Å²) >= 11 is 1.67. The Morgan fingerprint density at radius 3 is 2.43 bits per heavy atom. The van der Waals surface area contributed by atoms with Gasteiger partial charge in [0.15, 0.2) is 5.96 Å². The Kier molecular flexibility index (Phi) is 7.68. The first-order valence-corrected chi connectivity index (χ1v) is 11.2. The van der Waals surface area contributed by atoms with Gasteiger partial charge in [-0.1, -0.05) is 0 Å². The molecule has 12 heteroatoms. The number of aryl methyl sites for hydroxylation is 2. The monoisotopic (exact) mass is 441 g/mol. The van der Waals surface area contributed by atoms with Crippen molar-refractivity contribution in [3.05, 3.63) is 15.6 Å². The number of alkyl halides is 3. The van der Waals surface area contributed by atoms with Crippen LogP contribution in [0.2, 0.25) is 0 Å². The van der Waals surface area contributed by atoms with Gasteiger partial charge in [-0.15, -0.1) is 11.3 Å². The molecule has 2 rings (SSSR count). The summed E-state index contributed by atoms with van der Waals surface area (Å²) < 4.78 is 61.2. The molecule has 1 fully saturated rings. The van der Waals surface area contributed by atoms with Crippen molar-refractivity contribution in [3.8, 4) is 0 Å². The van der Waals surface area contributed by atoms with Crippen molar-refractivity contribution in [1.29, 1.82) is 0 Å². The maximum Gasteiger partial charge on any atom is 0.511 e. The largest absolute Gasteiger partial charge is 0.511 e. The summed E-state index contributed by atoms with van der Waals surface area (Å²) in [4.78, 5) is 9.76. The number of sulfonamides is 1.